The summed E-state index contributed by atoms with van der Waals surface area (Å²) >= 11 is 0. The van der Waals surface area contributed by atoms with Gasteiger partial charge in [0.05, 0.1) is 18.1 Å². The van der Waals surface area contributed by atoms with E-state index in [1.807, 2.05) is 0 Å². The van der Waals surface area contributed by atoms with Crippen LogP contribution in [0.3, 0.4) is 0 Å². The van der Waals surface area contributed by atoms with Crippen molar-refractivity contribution in [3.8, 4) is 0 Å². The van der Waals surface area contributed by atoms with Crippen molar-refractivity contribution in [3.05, 3.63) is 27.9 Å². The second-order valence-electron chi connectivity index (χ2n) is 4.02. The van der Waals surface area contributed by atoms with Crippen LogP contribution in [0.1, 0.15) is 12.0 Å². The Bertz CT molecular complexity index is 412. The Hall–Kier alpha value is -1.73. The third kappa shape index (κ3) is 5.62. The third-order valence-electron chi connectivity index (χ3n) is 2.39. The van der Waals surface area contributed by atoms with E-state index in [1.165, 1.54) is 6.07 Å². The highest BCUT2D eigenvalue weighted by atomic mass is 16.6. The molecule has 0 aliphatic rings. The standard InChI is InChI=1S/C12H19N3O4/c1-10-8-11(15(16)17)12(14-9-10)13-4-3-5-19-7-6-18-2/h8-9H,3-7H2,1-2H3,(H,13,14). The Morgan fingerprint density at radius 2 is 2.21 bits per heavy atom. The van der Waals surface area contributed by atoms with Crippen molar-refractivity contribution in [1.29, 1.82) is 0 Å². The van der Waals surface area contributed by atoms with Gasteiger partial charge in [0.15, 0.2) is 0 Å². The fourth-order valence-corrected chi connectivity index (χ4v) is 1.45. The van der Waals surface area contributed by atoms with Gasteiger partial charge >= 0.3 is 5.69 Å². The number of anilines is 1. The highest BCUT2D eigenvalue weighted by Crippen LogP contribution is 2.22. The van der Waals surface area contributed by atoms with E-state index in [9.17, 15) is 10.1 Å². The minimum Gasteiger partial charge on any atom is -0.382 e. The summed E-state index contributed by atoms with van der Waals surface area (Å²) in [6.07, 6.45) is 2.35. The number of nitrogens with zero attached hydrogens (tertiary/aromatic N) is 2. The molecule has 0 aliphatic carbocycles. The molecule has 1 rings (SSSR count). The predicted molar refractivity (Wildman–Crippen MR) is 71.4 cm³/mol. The van der Waals surface area contributed by atoms with Crippen LogP contribution >= 0.6 is 0 Å². The Morgan fingerprint density at radius 1 is 1.42 bits per heavy atom. The number of nitro groups is 1. The lowest BCUT2D eigenvalue weighted by atomic mass is 10.3. The van der Waals surface area contributed by atoms with Gasteiger partial charge in [-0.25, -0.2) is 4.98 Å². The molecule has 0 aliphatic heterocycles. The first-order valence-electron chi connectivity index (χ1n) is 6.06. The van der Waals surface area contributed by atoms with Crippen LogP contribution in [0.25, 0.3) is 0 Å². The second-order valence-corrected chi connectivity index (χ2v) is 4.02. The summed E-state index contributed by atoms with van der Waals surface area (Å²) in [5.74, 6) is 0.299. The van der Waals surface area contributed by atoms with Crippen LogP contribution in [-0.4, -0.2) is 43.4 Å². The highest BCUT2D eigenvalue weighted by Gasteiger charge is 2.14. The molecule has 0 radical (unpaired) electrons. The average molecular weight is 269 g/mol. The predicted octanol–water partition coefficient (Wildman–Crippen LogP) is 1.76. The summed E-state index contributed by atoms with van der Waals surface area (Å²) < 4.78 is 10.1. The molecule has 106 valence electrons. The van der Waals surface area contributed by atoms with E-state index < -0.39 is 4.92 Å². The number of aromatic nitrogens is 1. The molecule has 0 spiro atoms. The molecule has 0 unspecified atom stereocenters. The summed E-state index contributed by atoms with van der Waals surface area (Å²) in [5, 5.41) is 13.8. The van der Waals surface area contributed by atoms with Crippen molar-refractivity contribution >= 4 is 11.5 Å². The van der Waals surface area contributed by atoms with Crippen LogP contribution in [0.15, 0.2) is 12.3 Å². The SMILES string of the molecule is COCCOCCCNc1ncc(C)cc1[N+](=O)[O-]. The molecule has 0 saturated heterocycles. The van der Waals surface area contributed by atoms with Crippen molar-refractivity contribution in [1.82, 2.24) is 4.98 Å². The molecule has 7 heteroatoms. The molecule has 1 aromatic rings. The number of pyridine rings is 1. The molecule has 0 fully saturated rings. The van der Waals surface area contributed by atoms with E-state index in [0.29, 0.717) is 32.2 Å². The molecular formula is C12H19N3O4. The molecule has 0 atom stereocenters. The molecule has 1 aromatic heterocycles. The van der Waals surface area contributed by atoms with Crippen molar-refractivity contribution in [3.63, 3.8) is 0 Å². The Kier molecular flexibility index (Phi) is 6.76. The third-order valence-corrected chi connectivity index (χ3v) is 2.39. The van der Waals surface area contributed by atoms with E-state index >= 15 is 0 Å². The molecule has 19 heavy (non-hydrogen) atoms. The number of hydrogen-bond acceptors (Lipinski definition) is 6. The van der Waals surface area contributed by atoms with Gasteiger partial charge < -0.3 is 14.8 Å². The monoisotopic (exact) mass is 269 g/mol. The number of ether oxygens (including phenoxy) is 2. The van der Waals surface area contributed by atoms with Crippen LogP contribution in [0.5, 0.6) is 0 Å². The van der Waals surface area contributed by atoms with E-state index in [0.717, 1.165) is 12.0 Å². The van der Waals surface area contributed by atoms with Crippen LogP contribution in [0, 0.1) is 17.0 Å². The molecule has 0 amide bonds. The number of rotatable bonds is 9. The first kappa shape index (κ1) is 15.3. The maximum atomic E-state index is 10.9. The van der Waals surface area contributed by atoms with Gasteiger partial charge in [-0.2, -0.15) is 0 Å². The molecular weight excluding hydrogens is 250 g/mol. The summed E-state index contributed by atoms with van der Waals surface area (Å²) in [6, 6.07) is 1.50. The van der Waals surface area contributed by atoms with Gasteiger partial charge in [0.25, 0.3) is 0 Å². The Morgan fingerprint density at radius 3 is 2.89 bits per heavy atom. The van der Waals surface area contributed by atoms with Crippen LogP contribution in [0.2, 0.25) is 0 Å². The lowest BCUT2D eigenvalue weighted by Crippen LogP contribution is -2.10. The molecule has 7 nitrogen and oxygen atoms in total. The lowest BCUT2D eigenvalue weighted by molar-refractivity contribution is -0.384. The largest absolute Gasteiger partial charge is 0.382 e. The fraction of sp³-hybridized carbons (Fsp3) is 0.583. The van der Waals surface area contributed by atoms with Crippen molar-refractivity contribution < 1.29 is 14.4 Å². The maximum Gasteiger partial charge on any atom is 0.311 e. The van der Waals surface area contributed by atoms with Crippen molar-refractivity contribution in [2.75, 3.05) is 38.8 Å². The molecule has 1 N–H and O–H groups in total. The maximum absolute atomic E-state index is 10.9. The quantitative estimate of drug-likeness (QED) is 0.417. The van der Waals surface area contributed by atoms with Gasteiger partial charge in [0.2, 0.25) is 5.82 Å². The minimum atomic E-state index is -0.433. The Balaban J connectivity index is 2.35. The minimum absolute atomic E-state index is 0.000279. The van der Waals surface area contributed by atoms with Crippen molar-refractivity contribution in [2.24, 2.45) is 0 Å². The van der Waals surface area contributed by atoms with Crippen LogP contribution in [-0.2, 0) is 9.47 Å². The normalized spacial score (nSPS) is 10.4. The van der Waals surface area contributed by atoms with E-state index in [1.54, 1.807) is 20.2 Å². The first-order valence-corrected chi connectivity index (χ1v) is 6.06. The number of methoxy groups -OCH3 is 1. The summed E-state index contributed by atoms with van der Waals surface area (Å²) in [5.41, 5.74) is 0.764. The van der Waals surface area contributed by atoms with Crippen molar-refractivity contribution in [2.45, 2.75) is 13.3 Å². The number of hydrogen-bond donors (Lipinski definition) is 1. The van der Waals surface area contributed by atoms with Gasteiger partial charge in [-0.15, -0.1) is 0 Å². The lowest BCUT2D eigenvalue weighted by Gasteiger charge is -2.07. The number of aryl methyl sites for hydroxylation is 1. The average Bonchev–Trinajstić information content (AvgIpc) is 2.39. The summed E-state index contributed by atoms with van der Waals surface area (Å²) in [4.78, 5) is 14.5. The van der Waals surface area contributed by atoms with Gasteiger partial charge in [-0.05, 0) is 18.9 Å². The molecule has 0 bridgehead atoms. The summed E-state index contributed by atoms with van der Waals surface area (Å²) in [7, 11) is 1.62. The molecule has 1 heterocycles. The van der Waals surface area contributed by atoms with Gasteiger partial charge in [0, 0.05) is 32.5 Å². The van der Waals surface area contributed by atoms with Crippen LogP contribution < -0.4 is 5.32 Å². The van der Waals surface area contributed by atoms with E-state index in [4.69, 9.17) is 9.47 Å². The zero-order valence-electron chi connectivity index (χ0n) is 11.2. The topological polar surface area (TPSA) is 86.5 Å². The summed E-state index contributed by atoms with van der Waals surface area (Å²) in [6.45, 7) is 4.05. The molecule has 0 aromatic carbocycles. The molecule has 0 saturated carbocycles. The van der Waals surface area contributed by atoms with Gasteiger partial charge in [-0.3, -0.25) is 10.1 Å². The zero-order valence-corrected chi connectivity index (χ0v) is 11.2. The van der Waals surface area contributed by atoms with E-state index in [2.05, 4.69) is 10.3 Å². The fourth-order valence-electron chi connectivity index (χ4n) is 1.45. The smallest absolute Gasteiger partial charge is 0.311 e. The van der Waals surface area contributed by atoms with Crippen LogP contribution in [0.4, 0.5) is 11.5 Å². The van der Waals surface area contributed by atoms with Gasteiger partial charge in [-0.1, -0.05) is 0 Å². The second kappa shape index (κ2) is 8.39. The first-order chi connectivity index (χ1) is 9.15. The highest BCUT2D eigenvalue weighted by molar-refractivity contribution is 5.56. The zero-order chi connectivity index (χ0) is 14.1. The van der Waals surface area contributed by atoms with E-state index in [-0.39, 0.29) is 5.69 Å². The Labute approximate surface area is 112 Å². The van der Waals surface area contributed by atoms with Gasteiger partial charge in [0.1, 0.15) is 0 Å². The number of nitrogens with one attached hydrogen (secondary N) is 1.